The SMILES string of the molecule is CN=C(NCc1noc(C(C)(C)C)n1)NCC(C)(C)c1cccc(F)c1.I. The Morgan fingerprint density at radius 3 is 2.44 bits per heavy atom. The van der Waals surface area contributed by atoms with Crippen molar-refractivity contribution in [2.75, 3.05) is 13.6 Å². The van der Waals surface area contributed by atoms with Crippen molar-refractivity contribution in [2.45, 2.75) is 52.0 Å². The van der Waals surface area contributed by atoms with Crippen LogP contribution in [0.5, 0.6) is 0 Å². The van der Waals surface area contributed by atoms with E-state index < -0.39 is 0 Å². The number of guanidine groups is 1. The molecule has 27 heavy (non-hydrogen) atoms. The topological polar surface area (TPSA) is 75.3 Å². The van der Waals surface area contributed by atoms with E-state index in [2.05, 4.69) is 39.6 Å². The first-order chi connectivity index (χ1) is 12.1. The highest BCUT2D eigenvalue weighted by Crippen LogP contribution is 2.23. The molecule has 0 atom stereocenters. The maximum Gasteiger partial charge on any atom is 0.232 e. The molecule has 0 fully saturated rings. The van der Waals surface area contributed by atoms with Crippen LogP contribution in [0.4, 0.5) is 4.39 Å². The second-order valence-electron chi connectivity index (χ2n) is 7.94. The zero-order valence-electron chi connectivity index (χ0n) is 16.8. The fraction of sp³-hybridized carbons (Fsp3) is 0.526. The first-order valence-corrected chi connectivity index (χ1v) is 8.65. The number of aliphatic imine (C=N–C) groups is 1. The van der Waals surface area contributed by atoms with Gasteiger partial charge in [0.15, 0.2) is 11.8 Å². The van der Waals surface area contributed by atoms with Crippen LogP contribution in [0.25, 0.3) is 0 Å². The zero-order chi connectivity index (χ0) is 19.4. The molecule has 2 rings (SSSR count). The van der Waals surface area contributed by atoms with Crippen LogP contribution in [-0.2, 0) is 17.4 Å². The third-order valence-corrected chi connectivity index (χ3v) is 4.05. The molecular weight excluding hydrogens is 460 g/mol. The van der Waals surface area contributed by atoms with Crippen LogP contribution in [0.15, 0.2) is 33.8 Å². The predicted molar refractivity (Wildman–Crippen MR) is 116 cm³/mol. The lowest BCUT2D eigenvalue weighted by Crippen LogP contribution is -2.43. The Kier molecular flexibility index (Phi) is 8.19. The van der Waals surface area contributed by atoms with Crippen molar-refractivity contribution in [3.63, 3.8) is 0 Å². The summed E-state index contributed by atoms with van der Waals surface area (Å²) >= 11 is 0. The van der Waals surface area contributed by atoms with Gasteiger partial charge in [-0.15, -0.1) is 24.0 Å². The predicted octanol–water partition coefficient (Wildman–Crippen LogP) is 3.77. The molecular formula is C19H29FIN5O. The van der Waals surface area contributed by atoms with Gasteiger partial charge in [0.25, 0.3) is 0 Å². The van der Waals surface area contributed by atoms with Crippen LogP contribution < -0.4 is 10.6 Å². The number of halogens is 2. The van der Waals surface area contributed by atoms with Crippen LogP contribution in [0.1, 0.15) is 51.9 Å². The van der Waals surface area contributed by atoms with Crippen LogP contribution >= 0.6 is 24.0 Å². The number of nitrogens with zero attached hydrogens (tertiary/aromatic N) is 3. The molecule has 1 aromatic heterocycles. The lowest BCUT2D eigenvalue weighted by atomic mass is 9.84. The average molecular weight is 489 g/mol. The highest BCUT2D eigenvalue weighted by Gasteiger charge is 2.23. The number of hydrogen-bond donors (Lipinski definition) is 2. The van der Waals surface area contributed by atoms with E-state index >= 15 is 0 Å². The largest absolute Gasteiger partial charge is 0.356 e. The quantitative estimate of drug-likeness (QED) is 0.380. The summed E-state index contributed by atoms with van der Waals surface area (Å²) in [5.74, 6) is 1.56. The van der Waals surface area contributed by atoms with Crippen molar-refractivity contribution in [1.82, 2.24) is 20.8 Å². The Balaban J connectivity index is 0.00000364. The first-order valence-electron chi connectivity index (χ1n) is 8.65. The molecule has 6 nitrogen and oxygen atoms in total. The van der Waals surface area contributed by atoms with E-state index in [-0.39, 0.29) is 40.6 Å². The van der Waals surface area contributed by atoms with Crippen molar-refractivity contribution < 1.29 is 8.91 Å². The van der Waals surface area contributed by atoms with Gasteiger partial charge in [-0.3, -0.25) is 4.99 Å². The smallest absolute Gasteiger partial charge is 0.232 e. The number of hydrogen-bond acceptors (Lipinski definition) is 4. The van der Waals surface area contributed by atoms with Crippen LogP contribution in [0.2, 0.25) is 0 Å². The second kappa shape index (κ2) is 9.48. The molecule has 0 bridgehead atoms. The van der Waals surface area contributed by atoms with E-state index in [1.54, 1.807) is 19.2 Å². The maximum absolute atomic E-state index is 13.5. The minimum atomic E-state index is -0.259. The monoisotopic (exact) mass is 489 g/mol. The van der Waals surface area contributed by atoms with Gasteiger partial charge in [0.05, 0.1) is 6.54 Å². The van der Waals surface area contributed by atoms with Crippen molar-refractivity contribution in [1.29, 1.82) is 0 Å². The molecule has 1 aromatic carbocycles. The van der Waals surface area contributed by atoms with E-state index in [0.717, 1.165) is 5.56 Å². The van der Waals surface area contributed by atoms with Gasteiger partial charge in [0.2, 0.25) is 5.89 Å². The molecule has 2 N–H and O–H groups in total. The van der Waals surface area contributed by atoms with Gasteiger partial charge >= 0.3 is 0 Å². The summed E-state index contributed by atoms with van der Waals surface area (Å²) in [4.78, 5) is 8.60. The fourth-order valence-electron chi connectivity index (χ4n) is 2.33. The number of benzene rings is 1. The third kappa shape index (κ3) is 6.75. The molecule has 0 amide bonds. The summed E-state index contributed by atoms with van der Waals surface area (Å²) in [6.07, 6.45) is 0. The van der Waals surface area contributed by atoms with Gasteiger partial charge in [-0.05, 0) is 17.7 Å². The van der Waals surface area contributed by atoms with Gasteiger partial charge < -0.3 is 15.2 Å². The Morgan fingerprint density at radius 2 is 1.89 bits per heavy atom. The van der Waals surface area contributed by atoms with Crippen molar-refractivity contribution in [3.8, 4) is 0 Å². The van der Waals surface area contributed by atoms with Gasteiger partial charge in [-0.25, -0.2) is 4.39 Å². The lowest BCUT2D eigenvalue weighted by molar-refractivity contribution is 0.318. The van der Waals surface area contributed by atoms with Gasteiger partial charge in [0, 0.05) is 24.4 Å². The molecule has 1 heterocycles. The first kappa shape index (κ1) is 23.3. The zero-order valence-corrected chi connectivity index (χ0v) is 19.1. The molecule has 150 valence electrons. The third-order valence-electron chi connectivity index (χ3n) is 4.05. The van der Waals surface area contributed by atoms with Crippen molar-refractivity contribution >= 4 is 29.9 Å². The van der Waals surface area contributed by atoms with Crippen LogP contribution in [0.3, 0.4) is 0 Å². The van der Waals surface area contributed by atoms with E-state index in [9.17, 15) is 4.39 Å². The normalized spacial score (nSPS) is 12.5. The lowest BCUT2D eigenvalue weighted by Gasteiger charge is -2.26. The molecule has 0 unspecified atom stereocenters. The van der Waals surface area contributed by atoms with E-state index in [4.69, 9.17) is 4.52 Å². The molecule has 0 saturated heterocycles. The summed E-state index contributed by atoms with van der Waals surface area (Å²) in [6, 6.07) is 6.66. The summed E-state index contributed by atoms with van der Waals surface area (Å²) in [5, 5.41) is 10.4. The molecule has 0 spiro atoms. The molecule has 0 aliphatic heterocycles. The Morgan fingerprint density at radius 1 is 1.19 bits per heavy atom. The second-order valence-corrected chi connectivity index (χ2v) is 7.94. The van der Waals surface area contributed by atoms with E-state index in [0.29, 0.717) is 30.8 Å². The summed E-state index contributed by atoms with van der Waals surface area (Å²) in [6.45, 7) is 11.2. The molecule has 0 saturated carbocycles. The standard InChI is InChI=1S/C19H28FN5O.HI/c1-18(2,3)16-24-15(25-26-16)11-22-17(21-6)23-12-19(4,5)13-8-7-9-14(20)10-13;/h7-10H,11-12H2,1-6H3,(H2,21,22,23);1H. The van der Waals surface area contributed by atoms with Crippen molar-refractivity contribution in [3.05, 3.63) is 47.4 Å². The number of aromatic nitrogens is 2. The van der Waals surface area contributed by atoms with Gasteiger partial charge in [-0.2, -0.15) is 4.98 Å². The molecule has 0 aliphatic carbocycles. The fourth-order valence-corrected chi connectivity index (χ4v) is 2.33. The minimum absolute atomic E-state index is 0. The highest BCUT2D eigenvalue weighted by molar-refractivity contribution is 14.0. The van der Waals surface area contributed by atoms with Gasteiger partial charge in [0.1, 0.15) is 5.82 Å². The summed E-state index contributed by atoms with van der Waals surface area (Å²) in [7, 11) is 1.70. The maximum atomic E-state index is 13.5. The number of rotatable bonds is 5. The summed E-state index contributed by atoms with van der Waals surface area (Å²) < 4.78 is 18.8. The van der Waals surface area contributed by atoms with Crippen LogP contribution in [-0.4, -0.2) is 29.7 Å². The Bertz CT molecular complexity index is 767. The highest BCUT2D eigenvalue weighted by atomic mass is 127. The Labute approximate surface area is 177 Å². The van der Waals surface area contributed by atoms with Crippen molar-refractivity contribution in [2.24, 2.45) is 4.99 Å². The average Bonchev–Trinajstić information content (AvgIpc) is 3.04. The summed E-state index contributed by atoms with van der Waals surface area (Å²) in [5.41, 5.74) is 0.485. The molecule has 0 aliphatic rings. The molecule has 0 radical (unpaired) electrons. The molecule has 8 heteroatoms. The minimum Gasteiger partial charge on any atom is -0.356 e. The van der Waals surface area contributed by atoms with E-state index in [1.165, 1.54) is 6.07 Å². The molecule has 2 aromatic rings. The van der Waals surface area contributed by atoms with Gasteiger partial charge in [-0.1, -0.05) is 51.9 Å². The Hall–Kier alpha value is -1.71. The number of nitrogens with one attached hydrogen (secondary N) is 2. The van der Waals surface area contributed by atoms with Crippen LogP contribution in [0, 0.1) is 5.82 Å². The van der Waals surface area contributed by atoms with E-state index in [1.807, 2.05) is 26.8 Å².